The van der Waals surface area contributed by atoms with Crippen LogP contribution in [0.15, 0.2) is 5.38 Å². The van der Waals surface area contributed by atoms with E-state index in [0.29, 0.717) is 0 Å². The van der Waals surface area contributed by atoms with Gasteiger partial charge < -0.3 is 5.32 Å². The molecule has 0 amide bonds. The standard InChI is InChI=1S/C14H25N3S/c1-11-5-4-6-13(7-11)17(3)9-12-10-18-14(16-12)8-15-2/h10-11,13,15H,4-9H2,1-3H3. The number of rotatable bonds is 5. The molecule has 1 N–H and O–H groups in total. The zero-order valence-corrected chi connectivity index (χ0v) is 12.6. The van der Waals surface area contributed by atoms with E-state index in [0.717, 1.165) is 25.0 Å². The molecule has 1 aromatic rings. The minimum atomic E-state index is 0.753. The lowest BCUT2D eigenvalue weighted by molar-refractivity contribution is 0.156. The summed E-state index contributed by atoms with van der Waals surface area (Å²) in [5.41, 5.74) is 1.23. The van der Waals surface area contributed by atoms with E-state index >= 15 is 0 Å². The van der Waals surface area contributed by atoms with E-state index in [1.807, 2.05) is 7.05 Å². The molecular weight excluding hydrogens is 242 g/mol. The molecule has 4 heteroatoms. The molecule has 2 rings (SSSR count). The van der Waals surface area contributed by atoms with Crippen molar-refractivity contribution in [3.05, 3.63) is 16.1 Å². The van der Waals surface area contributed by atoms with Crippen LogP contribution >= 0.6 is 11.3 Å². The normalized spacial score (nSPS) is 24.7. The Hall–Kier alpha value is -0.450. The van der Waals surface area contributed by atoms with Crippen molar-refractivity contribution in [2.45, 2.75) is 51.7 Å². The van der Waals surface area contributed by atoms with Crippen molar-refractivity contribution >= 4 is 11.3 Å². The Morgan fingerprint density at radius 1 is 1.50 bits per heavy atom. The molecule has 0 saturated heterocycles. The summed E-state index contributed by atoms with van der Waals surface area (Å²) in [5.74, 6) is 0.890. The fraction of sp³-hybridized carbons (Fsp3) is 0.786. The highest BCUT2D eigenvalue weighted by atomic mass is 32.1. The maximum absolute atomic E-state index is 4.67. The molecule has 0 aromatic carbocycles. The summed E-state index contributed by atoms with van der Waals surface area (Å²) < 4.78 is 0. The van der Waals surface area contributed by atoms with Crippen LogP contribution in [0.1, 0.15) is 43.3 Å². The molecule has 1 heterocycles. The van der Waals surface area contributed by atoms with E-state index in [4.69, 9.17) is 0 Å². The summed E-state index contributed by atoms with van der Waals surface area (Å²) >= 11 is 1.76. The summed E-state index contributed by atoms with van der Waals surface area (Å²) in [6, 6.07) is 0.753. The zero-order chi connectivity index (χ0) is 13.0. The molecule has 0 aliphatic heterocycles. The predicted octanol–water partition coefficient (Wildman–Crippen LogP) is 2.87. The molecule has 102 valence electrons. The van der Waals surface area contributed by atoms with Crippen molar-refractivity contribution in [3.8, 4) is 0 Å². The molecule has 0 radical (unpaired) electrons. The fourth-order valence-corrected chi connectivity index (χ4v) is 3.64. The summed E-state index contributed by atoms with van der Waals surface area (Å²) in [5, 5.41) is 6.55. The Balaban J connectivity index is 1.87. The van der Waals surface area contributed by atoms with E-state index in [-0.39, 0.29) is 0 Å². The molecule has 1 fully saturated rings. The van der Waals surface area contributed by atoms with Gasteiger partial charge in [-0.2, -0.15) is 0 Å². The third kappa shape index (κ3) is 3.77. The van der Waals surface area contributed by atoms with Gasteiger partial charge in [0.25, 0.3) is 0 Å². The highest BCUT2D eigenvalue weighted by Gasteiger charge is 2.22. The van der Waals surface area contributed by atoms with Crippen LogP contribution in [0.4, 0.5) is 0 Å². The molecule has 2 unspecified atom stereocenters. The smallest absolute Gasteiger partial charge is 0.107 e. The van der Waals surface area contributed by atoms with Crippen molar-refractivity contribution in [2.24, 2.45) is 5.92 Å². The Morgan fingerprint density at radius 2 is 2.33 bits per heavy atom. The average molecular weight is 267 g/mol. The van der Waals surface area contributed by atoms with Gasteiger partial charge >= 0.3 is 0 Å². The second-order valence-corrected chi connectivity index (χ2v) is 6.55. The van der Waals surface area contributed by atoms with Crippen molar-refractivity contribution in [2.75, 3.05) is 14.1 Å². The van der Waals surface area contributed by atoms with Crippen LogP contribution in [0.5, 0.6) is 0 Å². The van der Waals surface area contributed by atoms with Crippen LogP contribution in [-0.2, 0) is 13.1 Å². The molecule has 2 atom stereocenters. The Kier molecular flexibility index (Phi) is 5.15. The van der Waals surface area contributed by atoms with E-state index in [1.54, 1.807) is 11.3 Å². The van der Waals surface area contributed by atoms with Crippen molar-refractivity contribution < 1.29 is 0 Å². The van der Waals surface area contributed by atoms with Crippen LogP contribution in [0.2, 0.25) is 0 Å². The van der Waals surface area contributed by atoms with Gasteiger partial charge in [0.2, 0.25) is 0 Å². The minimum Gasteiger partial charge on any atom is -0.314 e. The van der Waals surface area contributed by atoms with Gasteiger partial charge in [0.1, 0.15) is 5.01 Å². The number of thiazole rings is 1. The molecule has 0 spiro atoms. The van der Waals surface area contributed by atoms with Crippen LogP contribution in [-0.4, -0.2) is 30.0 Å². The molecule has 18 heavy (non-hydrogen) atoms. The van der Waals surface area contributed by atoms with Crippen molar-refractivity contribution in [1.82, 2.24) is 15.2 Å². The molecule has 0 bridgehead atoms. The van der Waals surface area contributed by atoms with Crippen molar-refractivity contribution in [1.29, 1.82) is 0 Å². The summed E-state index contributed by atoms with van der Waals surface area (Å²) in [7, 11) is 4.22. The minimum absolute atomic E-state index is 0.753. The van der Waals surface area contributed by atoms with E-state index in [9.17, 15) is 0 Å². The van der Waals surface area contributed by atoms with Crippen LogP contribution in [0.3, 0.4) is 0 Å². The molecule has 1 aliphatic rings. The Bertz CT molecular complexity index is 364. The van der Waals surface area contributed by atoms with Gasteiger partial charge in [-0.1, -0.05) is 19.8 Å². The molecule has 1 saturated carbocycles. The Labute approximate surface area is 115 Å². The lowest BCUT2D eigenvalue weighted by Crippen LogP contribution is -2.35. The first-order valence-corrected chi connectivity index (χ1v) is 7.85. The topological polar surface area (TPSA) is 28.2 Å². The van der Waals surface area contributed by atoms with Crippen LogP contribution < -0.4 is 5.32 Å². The molecule has 1 aromatic heterocycles. The molecule has 3 nitrogen and oxygen atoms in total. The van der Waals surface area contributed by atoms with Gasteiger partial charge in [-0.3, -0.25) is 4.90 Å². The number of hydrogen-bond donors (Lipinski definition) is 1. The molecule has 1 aliphatic carbocycles. The van der Waals surface area contributed by atoms with E-state index in [1.165, 1.54) is 36.4 Å². The maximum atomic E-state index is 4.67. The zero-order valence-electron chi connectivity index (χ0n) is 11.8. The number of aromatic nitrogens is 1. The first kappa shape index (κ1) is 14.0. The first-order chi connectivity index (χ1) is 8.69. The van der Waals surface area contributed by atoms with Crippen LogP contribution in [0.25, 0.3) is 0 Å². The van der Waals surface area contributed by atoms with Gasteiger partial charge in [-0.05, 0) is 32.9 Å². The number of hydrogen-bond acceptors (Lipinski definition) is 4. The van der Waals surface area contributed by atoms with Gasteiger partial charge in [0.15, 0.2) is 0 Å². The van der Waals surface area contributed by atoms with Gasteiger partial charge in [-0.25, -0.2) is 4.98 Å². The SMILES string of the molecule is CNCc1nc(CN(C)C2CCCC(C)C2)cs1. The first-order valence-electron chi connectivity index (χ1n) is 6.97. The highest BCUT2D eigenvalue weighted by Crippen LogP contribution is 2.27. The number of nitrogens with one attached hydrogen (secondary N) is 1. The molecular formula is C14H25N3S. The quantitative estimate of drug-likeness (QED) is 0.889. The van der Waals surface area contributed by atoms with E-state index < -0.39 is 0 Å². The fourth-order valence-electron chi connectivity index (χ4n) is 2.84. The summed E-state index contributed by atoms with van der Waals surface area (Å²) in [6.45, 7) is 4.26. The lowest BCUT2D eigenvalue weighted by Gasteiger charge is -2.33. The van der Waals surface area contributed by atoms with Gasteiger partial charge in [0, 0.05) is 24.5 Å². The largest absolute Gasteiger partial charge is 0.314 e. The van der Waals surface area contributed by atoms with Gasteiger partial charge in [0.05, 0.1) is 5.69 Å². The maximum Gasteiger partial charge on any atom is 0.107 e. The average Bonchev–Trinajstić information content (AvgIpc) is 2.77. The van der Waals surface area contributed by atoms with Crippen LogP contribution in [0, 0.1) is 5.92 Å². The highest BCUT2D eigenvalue weighted by molar-refractivity contribution is 7.09. The predicted molar refractivity (Wildman–Crippen MR) is 77.8 cm³/mol. The van der Waals surface area contributed by atoms with Gasteiger partial charge in [-0.15, -0.1) is 11.3 Å². The lowest BCUT2D eigenvalue weighted by atomic mass is 9.86. The second-order valence-electron chi connectivity index (χ2n) is 5.60. The summed E-state index contributed by atoms with van der Waals surface area (Å²) in [6.07, 6.45) is 5.50. The van der Waals surface area contributed by atoms with E-state index in [2.05, 4.69) is 34.6 Å². The third-order valence-electron chi connectivity index (χ3n) is 3.87. The number of nitrogens with zero attached hydrogens (tertiary/aromatic N) is 2. The second kappa shape index (κ2) is 6.64. The van der Waals surface area contributed by atoms with Crippen molar-refractivity contribution in [3.63, 3.8) is 0 Å². The monoisotopic (exact) mass is 267 g/mol. The summed E-state index contributed by atoms with van der Waals surface area (Å²) in [4.78, 5) is 7.16. The third-order valence-corrected chi connectivity index (χ3v) is 4.77. The Morgan fingerprint density at radius 3 is 3.06 bits per heavy atom.